The van der Waals surface area contributed by atoms with E-state index in [1.54, 1.807) is 0 Å². The molecule has 0 amide bonds. The minimum atomic E-state index is 0.598. The lowest BCUT2D eigenvalue weighted by atomic mass is 10.3. The maximum absolute atomic E-state index is 5.35. The molecule has 0 heterocycles. The Morgan fingerprint density at radius 1 is 1.31 bits per heavy atom. The van der Waals surface area contributed by atoms with Crippen molar-refractivity contribution in [3.8, 4) is 0 Å². The molecule has 13 heavy (non-hydrogen) atoms. The molecule has 0 rings (SSSR count). The lowest BCUT2D eigenvalue weighted by molar-refractivity contribution is 0.798. The minimum absolute atomic E-state index is 0.598. The van der Waals surface area contributed by atoms with Crippen molar-refractivity contribution in [2.75, 3.05) is 26.2 Å². The smallest absolute Gasteiger partial charge is 0.0515 e. The van der Waals surface area contributed by atoms with Gasteiger partial charge in [0, 0.05) is 31.0 Å². The van der Waals surface area contributed by atoms with Gasteiger partial charge in [0.05, 0.1) is 6.54 Å². The summed E-state index contributed by atoms with van der Waals surface area (Å²) < 4.78 is 0. The molecule has 4 heteroatoms. The number of hydrogen-bond donors (Lipinski definition) is 3. The summed E-state index contributed by atoms with van der Waals surface area (Å²) in [5, 5.41) is 3.16. The van der Waals surface area contributed by atoms with E-state index in [1.165, 1.54) is 0 Å². The molecule has 76 valence electrons. The molecule has 5 N–H and O–H groups in total. The second-order valence-corrected chi connectivity index (χ2v) is 2.85. The van der Waals surface area contributed by atoms with Crippen LogP contribution in [0.15, 0.2) is 16.8 Å². The Hall–Kier alpha value is -0.870. The zero-order valence-corrected chi connectivity index (χ0v) is 8.51. The van der Waals surface area contributed by atoms with Crippen LogP contribution in [0.4, 0.5) is 0 Å². The van der Waals surface area contributed by atoms with Crippen molar-refractivity contribution < 1.29 is 0 Å². The molecular weight excluding hydrogens is 164 g/mol. The first-order chi connectivity index (χ1) is 6.20. The molecule has 0 aromatic heterocycles. The second kappa shape index (κ2) is 7.76. The zero-order valence-electron chi connectivity index (χ0n) is 8.51. The highest BCUT2D eigenvalue weighted by molar-refractivity contribution is 5.93. The van der Waals surface area contributed by atoms with E-state index < -0.39 is 0 Å². The fraction of sp³-hybridized carbons (Fsp3) is 0.667. The van der Waals surface area contributed by atoms with Gasteiger partial charge in [0.1, 0.15) is 0 Å². The number of rotatable bonds is 6. The van der Waals surface area contributed by atoms with Crippen LogP contribution < -0.4 is 16.8 Å². The first kappa shape index (κ1) is 12.1. The van der Waals surface area contributed by atoms with E-state index in [0.717, 1.165) is 18.0 Å². The highest BCUT2D eigenvalue weighted by atomic mass is 14.9. The maximum atomic E-state index is 5.35. The molecule has 0 aliphatic rings. The fourth-order valence-corrected chi connectivity index (χ4v) is 0.920. The molecule has 0 fully saturated rings. The van der Waals surface area contributed by atoms with E-state index in [-0.39, 0.29) is 0 Å². The summed E-state index contributed by atoms with van der Waals surface area (Å²) >= 11 is 0. The minimum Gasteiger partial charge on any atom is -0.387 e. The molecule has 0 aliphatic heterocycles. The van der Waals surface area contributed by atoms with Gasteiger partial charge in [-0.1, -0.05) is 0 Å². The largest absolute Gasteiger partial charge is 0.387 e. The Balaban J connectivity index is 3.89. The summed E-state index contributed by atoms with van der Waals surface area (Å²) in [6.45, 7) is 6.68. The number of hydrogen-bond acceptors (Lipinski definition) is 4. The summed E-state index contributed by atoms with van der Waals surface area (Å²) in [7, 11) is 0. The van der Waals surface area contributed by atoms with Crippen molar-refractivity contribution in [1.82, 2.24) is 5.32 Å². The van der Waals surface area contributed by atoms with Gasteiger partial charge in [0.25, 0.3) is 0 Å². The van der Waals surface area contributed by atoms with E-state index in [4.69, 9.17) is 11.5 Å². The van der Waals surface area contributed by atoms with Gasteiger partial charge >= 0.3 is 0 Å². The molecule has 0 bridgehead atoms. The third kappa shape index (κ3) is 7.49. The highest BCUT2D eigenvalue weighted by Crippen LogP contribution is 1.88. The van der Waals surface area contributed by atoms with Crippen molar-refractivity contribution in [1.29, 1.82) is 0 Å². The van der Waals surface area contributed by atoms with Crippen LogP contribution in [0.1, 0.15) is 13.8 Å². The number of nitrogens with one attached hydrogen (secondary N) is 1. The van der Waals surface area contributed by atoms with E-state index in [1.807, 2.05) is 19.9 Å². The lowest BCUT2D eigenvalue weighted by Crippen LogP contribution is -2.21. The van der Waals surface area contributed by atoms with Crippen LogP contribution in [0.25, 0.3) is 0 Å². The Kier molecular flexibility index (Phi) is 7.24. The van der Waals surface area contributed by atoms with Crippen LogP contribution in [0.5, 0.6) is 0 Å². The van der Waals surface area contributed by atoms with Crippen molar-refractivity contribution in [3.63, 3.8) is 0 Å². The quantitative estimate of drug-likeness (QED) is 0.503. The molecule has 0 radical (unpaired) electrons. The topological polar surface area (TPSA) is 76.4 Å². The van der Waals surface area contributed by atoms with E-state index in [2.05, 4.69) is 10.3 Å². The Labute approximate surface area is 80.1 Å². The van der Waals surface area contributed by atoms with Crippen molar-refractivity contribution in [2.24, 2.45) is 16.5 Å². The number of aliphatic imine (C=N–C) groups is 1. The summed E-state index contributed by atoms with van der Waals surface area (Å²) in [6, 6.07) is 0. The first-order valence-corrected chi connectivity index (χ1v) is 4.54. The lowest BCUT2D eigenvalue weighted by Gasteiger charge is -2.03. The van der Waals surface area contributed by atoms with Gasteiger partial charge in [0.15, 0.2) is 0 Å². The predicted molar refractivity (Wildman–Crippen MR) is 57.8 cm³/mol. The molecule has 4 nitrogen and oxygen atoms in total. The number of allylic oxidation sites excluding steroid dienone is 2. The third-order valence-corrected chi connectivity index (χ3v) is 1.46. The van der Waals surface area contributed by atoms with Crippen LogP contribution in [-0.2, 0) is 0 Å². The first-order valence-electron chi connectivity index (χ1n) is 4.54. The second-order valence-electron chi connectivity index (χ2n) is 2.85. The van der Waals surface area contributed by atoms with Crippen LogP contribution in [0, 0.1) is 0 Å². The Bertz CT molecular complexity index is 184. The van der Waals surface area contributed by atoms with Crippen molar-refractivity contribution in [2.45, 2.75) is 13.8 Å². The van der Waals surface area contributed by atoms with Crippen LogP contribution in [-0.4, -0.2) is 31.9 Å². The van der Waals surface area contributed by atoms with E-state index >= 15 is 0 Å². The summed E-state index contributed by atoms with van der Waals surface area (Å²) in [6.07, 6.45) is 1.99. The van der Waals surface area contributed by atoms with E-state index in [0.29, 0.717) is 19.6 Å². The molecule has 0 saturated heterocycles. The molecule has 0 saturated carbocycles. The molecule has 0 aliphatic carbocycles. The van der Waals surface area contributed by atoms with Crippen LogP contribution >= 0.6 is 0 Å². The summed E-state index contributed by atoms with van der Waals surface area (Å²) in [5.41, 5.74) is 12.8. The standard InChI is InChI=1S/C9H20N4/c1-8(12-5-3-10)7-9(2)13-6-4-11/h7,12H,3-6,10-11H2,1-2H3/b8-7-,13-9?. The van der Waals surface area contributed by atoms with Crippen LogP contribution in [0.3, 0.4) is 0 Å². The molecule has 0 atom stereocenters. The Morgan fingerprint density at radius 2 is 2.00 bits per heavy atom. The van der Waals surface area contributed by atoms with Gasteiger partial charge in [-0.3, -0.25) is 4.99 Å². The highest BCUT2D eigenvalue weighted by Gasteiger charge is 1.88. The molecule has 0 unspecified atom stereocenters. The molecular formula is C9H20N4. The average molecular weight is 184 g/mol. The third-order valence-electron chi connectivity index (χ3n) is 1.46. The van der Waals surface area contributed by atoms with Gasteiger partial charge in [-0.2, -0.15) is 0 Å². The maximum Gasteiger partial charge on any atom is 0.0515 e. The van der Waals surface area contributed by atoms with Gasteiger partial charge < -0.3 is 16.8 Å². The summed E-state index contributed by atoms with van der Waals surface area (Å²) in [4.78, 5) is 4.23. The Morgan fingerprint density at radius 3 is 2.54 bits per heavy atom. The van der Waals surface area contributed by atoms with Crippen LogP contribution in [0.2, 0.25) is 0 Å². The van der Waals surface area contributed by atoms with Gasteiger partial charge in [0.2, 0.25) is 0 Å². The normalized spacial score (nSPS) is 13.2. The molecule has 0 spiro atoms. The zero-order chi connectivity index (χ0) is 10.1. The fourth-order valence-electron chi connectivity index (χ4n) is 0.920. The average Bonchev–Trinajstić information content (AvgIpc) is 2.11. The number of nitrogens with two attached hydrogens (primary N) is 2. The molecule has 0 aromatic rings. The SMILES string of the molecule is CC(/C=C(/C)NCCN)=NCCN. The van der Waals surface area contributed by atoms with E-state index in [9.17, 15) is 0 Å². The summed E-state index contributed by atoms with van der Waals surface area (Å²) in [5.74, 6) is 0. The monoisotopic (exact) mass is 184 g/mol. The van der Waals surface area contributed by atoms with Gasteiger partial charge in [-0.15, -0.1) is 0 Å². The van der Waals surface area contributed by atoms with Gasteiger partial charge in [-0.25, -0.2) is 0 Å². The van der Waals surface area contributed by atoms with Crippen molar-refractivity contribution in [3.05, 3.63) is 11.8 Å². The molecule has 0 aromatic carbocycles. The van der Waals surface area contributed by atoms with Gasteiger partial charge in [-0.05, 0) is 19.9 Å². The van der Waals surface area contributed by atoms with Crippen molar-refractivity contribution >= 4 is 5.71 Å². The number of nitrogens with zero attached hydrogens (tertiary/aromatic N) is 1. The predicted octanol–water partition coefficient (Wildman–Crippen LogP) is -0.142.